The summed E-state index contributed by atoms with van der Waals surface area (Å²) in [6.07, 6.45) is 3.47. The third-order valence-corrected chi connectivity index (χ3v) is 10.0. The van der Waals surface area contributed by atoms with Crippen LogP contribution in [0.15, 0.2) is 11.3 Å². The van der Waals surface area contributed by atoms with Gasteiger partial charge in [-0.3, -0.25) is 14.4 Å². The molecule has 4 atom stereocenters. The van der Waals surface area contributed by atoms with E-state index in [0.29, 0.717) is 23.0 Å². The number of hydrogen-bond donors (Lipinski definition) is 4. The van der Waals surface area contributed by atoms with Gasteiger partial charge in [-0.15, -0.1) is 22.0 Å². The van der Waals surface area contributed by atoms with Crippen molar-refractivity contribution in [1.82, 2.24) is 20.0 Å². The highest BCUT2D eigenvalue weighted by atomic mass is 32.2. The Labute approximate surface area is 205 Å². The number of hydrogen-bond acceptors (Lipinski definition) is 10. The van der Waals surface area contributed by atoms with Crippen molar-refractivity contribution in [2.45, 2.75) is 55.9 Å². The zero-order chi connectivity index (χ0) is 23.9. The topological polar surface area (TPSA) is 150 Å². The number of aliphatic hydroxyl groups excluding tert-OH is 1. The summed E-state index contributed by atoms with van der Waals surface area (Å²) in [5.74, 6) is -1.35. The quantitative estimate of drug-likeness (QED) is 0.309. The standard InChI is InChI=1S/C20H27N5O5S3/c1-10(27)25(12-5-3-2-4-11(12)6-21)14-17(28)24-8-20(19(29)30,9-32-18(14)24)15(31)16-23-22-13(7-26)33-16/h14-15,18,26,31H,2-9,21H2,1H3,(H,29,30)/t14?,15?,18-,20?/m1/s1. The Morgan fingerprint density at radius 3 is 2.70 bits per heavy atom. The van der Waals surface area contributed by atoms with E-state index in [0.717, 1.165) is 41.9 Å². The molecule has 4 rings (SSSR count). The van der Waals surface area contributed by atoms with Gasteiger partial charge in [0.25, 0.3) is 0 Å². The van der Waals surface area contributed by atoms with Gasteiger partial charge in [0.2, 0.25) is 11.8 Å². The number of nitrogens with two attached hydrogens (primary N) is 1. The third-order valence-electron chi connectivity index (χ3n) is 6.58. The Hall–Kier alpha value is -1.67. The van der Waals surface area contributed by atoms with E-state index in [2.05, 4.69) is 22.8 Å². The van der Waals surface area contributed by atoms with Gasteiger partial charge in [0, 0.05) is 31.5 Å². The van der Waals surface area contributed by atoms with E-state index in [1.165, 1.54) is 23.6 Å². The largest absolute Gasteiger partial charge is 0.481 e. The summed E-state index contributed by atoms with van der Waals surface area (Å²) in [6, 6.07) is -0.658. The molecule has 10 nitrogen and oxygen atoms in total. The first-order valence-corrected chi connectivity index (χ1v) is 13.1. The summed E-state index contributed by atoms with van der Waals surface area (Å²) in [4.78, 5) is 41.5. The van der Waals surface area contributed by atoms with Crippen molar-refractivity contribution in [3.63, 3.8) is 0 Å². The van der Waals surface area contributed by atoms with E-state index in [1.54, 1.807) is 4.90 Å². The minimum atomic E-state index is -1.37. The van der Waals surface area contributed by atoms with Crippen molar-refractivity contribution in [2.24, 2.45) is 11.1 Å². The van der Waals surface area contributed by atoms with Gasteiger partial charge < -0.3 is 25.7 Å². The SMILES string of the molecule is CC(=O)N(C1=C(CN)CCCC1)C1C(=O)N2CC(C(=O)O)(C(S)c3nnc(CO)s3)CS[C@H]12. The summed E-state index contributed by atoms with van der Waals surface area (Å²) in [5, 5.41) is 26.9. The molecule has 1 aromatic heterocycles. The molecule has 0 radical (unpaired) electrons. The van der Waals surface area contributed by atoms with Crippen LogP contribution < -0.4 is 5.73 Å². The molecule has 180 valence electrons. The van der Waals surface area contributed by atoms with Gasteiger partial charge in [-0.25, -0.2) is 0 Å². The number of fused-ring (bicyclic) bond motifs is 1. The minimum absolute atomic E-state index is 0.0356. The highest BCUT2D eigenvalue weighted by Gasteiger charge is 2.61. The van der Waals surface area contributed by atoms with Crippen LogP contribution in [-0.4, -0.2) is 78.3 Å². The number of nitrogens with zero attached hydrogens (tertiary/aromatic N) is 4. The minimum Gasteiger partial charge on any atom is -0.481 e. The Morgan fingerprint density at radius 1 is 1.36 bits per heavy atom. The monoisotopic (exact) mass is 513 g/mol. The number of β-lactam (4-membered cyclic amide) rings is 1. The lowest BCUT2D eigenvalue weighted by Gasteiger charge is -2.57. The number of aromatic nitrogens is 2. The molecule has 2 amide bonds. The molecule has 0 bridgehead atoms. The van der Waals surface area contributed by atoms with Crippen LogP contribution in [0.3, 0.4) is 0 Å². The van der Waals surface area contributed by atoms with Crippen LogP contribution in [-0.2, 0) is 21.0 Å². The summed E-state index contributed by atoms with van der Waals surface area (Å²) < 4.78 is 0. The van der Waals surface area contributed by atoms with Crippen molar-refractivity contribution in [1.29, 1.82) is 0 Å². The molecule has 33 heavy (non-hydrogen) atoms. The van der Waals surface area contributed by atoms with Crippen molar-refractivity contribution < 1.29 is 24.6 Å². The van der Waals surface area contributed by atoms with Crippen molar-refractivity contribution in [2.75, 3.05) is 18.8 Å². The average Bonchev–Trinajstić information content (AvgIpc) is 3.30. The predicted octanol–water partition coefficient (Wildman–Crippen LogP) is 0.991. The first-order chi connectivity index (χ1) is 15.7. The molecule has 4 N–H and O–H groups in total. The molecule has 0 saturated carbocycles. The molecule has 3 heterocycles. The molecule has 3 aliphatic rings. The summed E-state index contributed by atoms with van der Waals surface area (Å²) in [5.41, 5.74) is 6.42. The molecule has 0 aromatic carbocycles. The second-order valence-corrected chi connectivity index (χ2v) is 11.2. The predicted molar refractivity (Wildman–Crippen MR) is 126 cm³/mol. The van der Waals surface area contributed by atoms with Crippen LogP contribution in [0.25, 0.3) is 0 Å². The molecule has 2 aliphatic heterocycles. The zero-order valence-corrected chi connectivity index (χ0v) is 20.7. The van der Waals surface area contributed by atoms with E-state index >= 15 is 0 Å². The van der Waals surface area contributed by atoms with Crippen molar-refractivity contribution in [3.05, 3.63) is 21.3 Å². The number of aliphatic carboxylic acids is 1. The second-order valence-electron chi connectivity index (χ2n) is 8.52. The van der Waals surface area contributed by atoms with Crippen molar-refractivity contribution >= 4 is 53.5 Å². The lowest BCUT2D eigenvalue weighted by Crippen LogP contribution is -2.74. The molecule has 1 aliphatic carbocycles. The smallest absolute Gasteiger partial charge is 0.313 e. The fourth-order valence-electron chi connectivity index (χ4n) is 4.78. The second kappa shape index (κ2) is 9.53. The lowest BCUT2D eigenvalue weighted by molar-refractivity contribution is -0.164. The fraction of sp³-hybridized carbons (Fsp3) is 0.650. The van der Waals surface area contributed by atoms with E-state index in [9.17, 15) is 24.6 Å². The van der Waals surface area contributed by atoms with Gasteiger partial charge in [0.15, 0.2) is 0 Å². The Kier molecular flexibility index (Phi) is 7.06. The number of thiol groups is 1. The number of carbonyl (C=O) groups is 3. The molecule has 2 fully saturated rings. The molecule has 13 heteroatoms. The molecule has 1 aromatic rings. The van der Waals surface area contributed by atoms with E-state index in [1.807, 2.05) is 0 Å². The maximum absolute atomic E-state index is 13.3. The lowest BCUT2D eigenvalue weighted by atomic mass is 9.83. The molecular weight excluding hydrogens is 486 g/mol. The van der Waals surface area contributed by atoms with Crippen LogP contribution in [0, 0.1) is 5.41 Å². The molecule has 3 unspecified atom stereocenters. The number of carboxylic acid groups (broad SMARTS) is 1. The number of allylic oxidation sites excluding steroid dienone is 1. The van der Waals surface area contributed by atoms with Crippen LogP contribution in [0.5, 0.6) is 0 Å². The van der Waals surface area contributed by atoms with Gasteiger partial charge in [0.05, 0.1) is 11.9 Å². The van der Waals surface area contributed by atoms with Crippen LogP contribution >= 0.6 is 35.7 Å². The molecular formula is C20H27N5O5S3. The number of rotatable bonds is 7. The van der Waals surface area contributed by atoms with E-state index < -0.39 is 22.7 Å². The Balaban J connectivity index is 1.60. The number of thioether (sulfide) groups is 1. The van der Waals surface area contributed by atoms with E-state index in [-0.39, 0.29) is 36.1 Å². The number of aliphatic hydroxyl groups is 1. The number of carbonyl (C=O) groups excluding carboxylic acids is 2. The normalized spacial score (nSPS) is 28.2. The summed E-state index contributed by atoms with van der Waals surface area (Å²) in [6.45, 7) is 1.48. The highest BCUT2D eigenvalue weighted by Crippen LogP contribution is 2.52. The van der Waals surface area contributed by atoms with Crippen LogP contribution in [0.4, 0.5) is 0 Å². The zero-order valence-electron chi connectivity index (χ0n) is 18.1. The van der Waals surface area contributed by atoms with Gasteiger partial charge in [-0.1, -0.05) is 11.3 Å². The number of carboxylic acids is 1. The van der Waals surface area contributed by atoms with Gasteiger partial charge in [0.1, 0.15) is 26.8 Å². The van der Waals surface area contributed by atoms with Gasteiger partial charge >= 0.3 is 5.97 Å². The fourth-order valence-corrected chi connectivity index (χ4v) is 7.83. The van der Waals surface area contributed by atoms with Gasteiger partial charge in [-0.05, 0) is 31.3 Å². The first-order valence-electron chi connectivity index (χ1n) is 10.7. The van der Waals surface area contributed by atoms with Crippen LogP contribution in [0.1, 0.15) is 47.9 Å². The summed E-state index contributed by atoms with van der Waals surface area (Å²) >= 11 is 7.03. The maximum Gasteiger partial charge on any atom is 0.313 e. The number of amides is 2. The van der Waals surface area contributed by atoms with Crippen LogP contribution in [0.2, 0.25) is 0 Å². The first kappa shape index (κ1) is 24.5. The Bertz CT molecular complexity index is 1000. The Morgan fingerprint density at radius 2 is 2.09 bits per heavy atom. The maximum atomic E-state index is 13.3. The van der Waals surface area contributed by atoms with Crippen molar-refractivity contribution in [3.8, 4) is 0 Å². The van der Waals surface area contributed by atoms with E-state index in [4.69, 9.17) is 5.73 Å². The average molecular weight is 514 g/mol. The summed E-state index contributed by atoms with van der Waals surface area (Å²) in [7, 11) is 0. The van der Waals surface area contributed by atoms with Gasteiger partial charge in [-0.2, -0.15) is 12.6 Å². The third kappa shape index (κ3) is 4.07. The highest BCUT2D eigenvalue weighted by molar-refractivity contribution is 8.00. The molecule has 0 spiro atoms. The molecule has 2 saturated heterocycles.